The maximum absolute atomic E-state index is 2.57. The van der Waals surface area contributed by atoms with Crippen molar-refractivity contribution >= 4 is 0 Å². The van der Waals surface area contributed by atoms with Gasteiger partial charge in [0.25, 0.3) is 0 Å². The van der Waals surface area contributed by atoms with E-state index in [1.54, 1.807) is 0 Å². The Morgan fingerprint density at radius 1 is 0.187 bits per heavy atom. The molecule has 0 unspecified atom stereocenters. The van der Waals surface area contributed by atoms with Crippen molar-refractivity contribution in [1.82, 2.24) is 53.9 Å². The van der Waals surface area contributed by atoms with Gasteiger partial charge >= 0.3 is 0 Å². The van der Waals surface area contributed by atoms with Crippen LogP contribution in [0.5, 0.6) is 0 Å². The van der Waals surface area contributed by atoms with E-state index in [2.05, 4.69) is 234 Å². The molecular formula is C80H171N11. The minimum Gasteiger partial charge on any atom is -0.305 e. The normalized spacial score (nSPS) is 26.3. The van der Waals surface area contributed by atoms with Crippen LogP contribution in [0.15, 0.2) is 0 Å². The molecule has 0 aromatic carbocycles. The van der Waals surface area contributed by atoms with Crippen LogP contribution in [0, 0.1) is 47.3 Å². The van der Waals surface area contributed by atoms with Crippen molar-refractivity contribution in [3.63, 3.8) is 0 Å². The summed E-state index contributed by atoms with van der Waals surface area (Å²) in [6.45, 7) is 78.8. The summed E-state index contributed by atoms with van der Waals surface area (Å²) in [5.74, 6) is 7.88. The van der Waals surface area contributed by atoms with Crippen LogP contribution in [0.1, 0.15) is 261 Å². The van der Waals surface area contributed by atoms with Crippen LogP contribution in [0.3, 0.4) is 0 Å². The van der Waals surface area contributed by atoms with E-state index in [0.717, 1.165) is 89.6 Å². The third-order valence-corrected chi connectivity index (χ3v) is 22.7. The van der Waals surface area contributed by atoms with Crippen molar-refractivity contribution in [3.05, 3.63) is 0 Å². The summed E-state index contributed by atoms with van der Waals surface area (Å²) in [5, 5.41) is 0. The summed E-state index contributed by atoms with van der Waals surface area (Å²) in [7, 11) is 8.81. The predicted octanol–water partition coefficient (Wildman–Crippen LogP) is 16.4. The van der Waals surface area contributed by atoms with Gasteiger partial charge in [0.05, 0.1) is 0 Å². The van der Waals surface area contributed by atoms with Gasteiger partial charge in [-0.25, -0.2) is 0 Å². The van der Waals surface area contributed by atoms with E-state index < -0.39 is 0 Å². The Bertz CT molecular complexity index is 1350. The Balaban J connectivity index is 0.000000512. The van der Waals surface area contributed by atoms with Gasteiger partial charge in [-0.2, -0.15) is 0 Å². The number of likely N-dealkylation sites (N-methyl/N-ethyl adjacent to an activating group) is 4. The van der Waals surface area contributed by atoms with Crippen LogP contribution in [0.2, 0.25) is 0 Å². The quantitative estimate of drug-likeness (QED) is 0.222. The topological polar surface area (TPSA) is 35.6 Å². The zero-order chi connectivity index (χ0) is 68.6. The minimum atomic E-state index is 0.724. The average molecular weight is 1290 g/mol. The SMILES string of the molecule is CC(C)N1CCCCC1.CC(C)N1CCCN(C)CC1.CC(C)N1CCCN(C)CC1.CC(C)N1CCN(C)CC1.CC(C)N1CCN(C)CC1.CC1CCC(C(C)C)CC1.CC1CCC(C(C)C)CC1.CC1CCN(C(C)C)CC1.CC1CCN(C(C)C)CC1. The standard InChI is InChI=1S/2C10H20.2C9H20N2.2C9H19N.2C8H18N2.C8H17N/c2*1-8(2)10-6-4-9(3)5-7-10;2*1-9(2)11-6-4-5-10(3)7-8-11;4*1-8(2)10-6-4-9(3)5-7-10;1-8(2)9-6-4-3-5-7-9/h2*8-10H,4-7H2,1-3H3;2*9H,4-8H2,1-3H3;2*8-9H,4-7H2,1-3H3;2*8H,4-7H2,1-3H3;8H,3-7H2,1-2H3. The zero-order valence-corrected chi connectivity index (χ0v) is 67.2. The second-order valence-electron chi connectivity index (χ2n) is 33.8. The Hall–Kier alpha value is -0.440. The Kier molecular flexibility index (Phi) is 50.3. The van der Waals surface area contributed by atoms with E-state index in [1.807, 2.05) is 0 Å². The van der Waals surface area contributed by atoms with Gasteiger partial charge in [0.1, 0.15) is 0 Å². The predicted molar refractivity (Wildman–Crippen MR) is 409 cm³/mol. The van der Waals surface area contributed by atoms with E-state index in [9.17, 15) is 0 Å². The molecule has 9 aliphatic rings. The first-order valence-electron chi connectivity index (χ1n) is 39.8. The third kappa shape index (κ3) is 43.6. The molecule has 0 aromatic rings. The highest BCUT2D eigenvalue weighted by atomic mass is 15.3. The Labute approximate surface area is 574 Å². The van der Waals surface area contributed by atoms with E-state index in [0.29, 0.717) is 0 Å². The number of likely N-dealkylation sites (tertiary alicyclic amines) is 3. The summed E-state index contributed by atoms with van der Waals surface area (Å²) in [6, 6.07) is 5.19. The number of rotatable bonds is 9. The van der Waals surface area contributed by atoms with E-state index >= 15 is 0 Å². The minimum absolute atomic E-state index is 0.724. The maximum atomic E-state index is 2.57. The Morgan fingerprint density at radius 3 is 0.593 bits per heavy atom. The molecule has 7 aliphatic heterocycles. The fourth-order valence-electron chi connectivity index (χ4n) is 14.3. The first-order chi connectivity index (χ1) is 42.9. The van der Waals surface area contributed by atoms with Crippen molar-refractivity contribution in [2.24, 2.45) is 47.3 Å². The summed E-state index contributed by atoms with van der Waals surface area (Å²) < 4.78 is 0. The van der Waals surface area contributed by atoms with Gasteiger partial charge in [-0.15, -0.1) is 0 Å². The zero-order valence-electron chi connectivity index (χ0n) is 67.2. The number of piperidine rings is 3. The molecule has 91 heavy (non-hydrogen) atoms. The van der Waals surface area contributed by atoms with Crippen LogP contribution in [0.25, 0.3) is 0 Å². The maximum Gasteiger partial charge on any atom is 0.0112 e. The second kappa shape index (κ2) is 51.7. The molecule has 0 atom stereocenters. The fourth-order valence-corrected chi connectivity index (χ4v) is 14.3. The van der Waals surface area contributed by atoms with Crippen LogP contribution >= 0.6 is 0 Å². The molecule has 0 amide bonds. The highest BCUT2D eigenvalue weighted by Crippen LogP contribution is 2.34. The van der Waals surface area contributed by atoms with Crippen molar-refractivity contribution in [2.45, 2.75) is 304 Å². The fraction of sp³-hybridized carbons (Fsp3) is 1.00. The second-order valence-corrected chi connectivity index (χ2v) is 33.8. The van der Waals surface area contributed by atoms with E-state index in [4.69, 9.17) is 0 Å². The van der Waals surface area contributed by atoms with Crippen LogP contribution in [-0.4, -0.2) is 268 Å². The molecule has 546 valence electrons. The molecule has 11 heteroatoms. The molecule has 7 heterocycles. The van der Waals surface area contributed by atoms with E-state index in [1.165, 1.54) is 253 Å². The van der Waals surface area contributed by atoms with Crippen LogP contribution < -0.4 is 0 Å². The van der Waals surface area contributed by atoms with Gasteiger partial charge in [0.15, 0.2) is 0 Å². The van der Waals surface area contributed by atoms with Gasteiger partial charge < -0.3 is 34.3 Å². The van der Waals surface area contributed by atoms with Gasteiger partial charge in [-0.3, -0.25) is 19.6 Å². The summed E-state index contributed by atoms with van der Waals surface area (Å²) in [5.41, 5.74) is 0. The third-order valence-electron chi connectivity index (χ3n) is 22.7. The molecule has 9 fully saturated rings. The first kappa shape index (κ1) is 88.6. The molecule has 0 spiro atoms. The molecule has 11 nitrogen and oxygen atoms in total. The molecule has 0 N–H and O–H groups in total. The largest absolute Gasteiger partial charge is 0.305 e. The molecule has 7 saturated heterocycles. The number of nitrogens with zero attached hydrogens (tertiary/aromatic N) is 11. The summed E-state index contributed by atoms with van der Waals surface area (Å²) in [6.07, 6.45) is 24.4. The number of hydrogen-bond donors (Lipinski definition) is 0. The molecule has 0 bridgehead atoms. The van der Waals surface area contributed by atoms with Gasteiger partial charge in [-0.1, -0.05) is 87.5 Å². The van der Waals surface area contributed by atoms with Crippen molar-refractivity contribution in [1.29, 1.82) is 0 Å². The number of hydrogen-bond acceptors (Lipinski definition) is 11. The molecule has 0 radical (unpaired) electrons. The highest BCUT2D eigenvalue weighted by Gasteiger charge is 2.24. The summed E-state index contributed by atoms with van der Waals surface area (Å²) >= 11 is 0. The lowest BCUT2D eigenvalue weighted by Crippen LogP contribution is -2.47. The monoisotopic (exact) mass is 1290 g/mol. The van der Waals surface area contributed by atoms with Gasteiger partial charge in [0, 0.05) is 121 Å². The van der Waals surface area contributed by atoms with Crippen molar-refractivity contribution in [3.8, 4) is 0 Å². The Morgan fingerprint density at radius 2 is 0.374 bits per heavy atom. The molecule has 0 aromatic heterocycles. The lowest BCUT2D eigenvalue weighted by atomic mass is 9.78. The molecular weight excluding hydrogens is 1110 g/mol. The van der Waals surface area contributed by atoms with Crippen LogP contribution in [-0.2, 0) is 0 Å². The lowest BCUT2D eigenvalue weighted by molar-refractivity contribution is 0.126. The highest BCUT2D eigenvalue weighted by molar-refractivity contribution is 4.78. The van der Waals surface area contributed by atoms with Crippen molar-refractivity contribution < 1.29 is 0 Å². The smallest absolute Gasteiger partial charge is 0.0112 e. The van der Waals surface area contributed by atoms with Gasteiger partial charge in [-0.05, 0) is 315 Å². The van der Waals surface area contributed by atoms with Gasteiger partial charge in [0.2, 0.25) is 0 Å². The van der Waals surface area contributed by atoms with E-state index in [-0.39, 0.29) is 0 Å². The number of piperazine rings is 2. The lowest BCUT2D eigenvalue weighted by Gasteiger charge is -2.34. The average Bonchev–Trinajstić information content (AvgIpc) is 4.22. The summed E-state index contributed by atoms with van der Waals surface area (Å²) in [4.78, 5) is 27.5. The first-order valence-corrected chi connectivity index (χ1v) is 39.8. The van der Waals surface area contributed by atoms with Crippen LogP contribution in [0.4, 0.5) is 0 Å². The van der Waals surface area contributed by atoms with Crippen molar-refractivity contribution in [2.75, 3.05) is 172 Å². The molecule has 2 saturated carbocycles. The molecule has 2 aliphatic carbocycles. The molecule has 9 rings (SSSR count).